The highest BCUT2D eigenvalue weighted by Crippen LogP contribution is 2.41. The van der Waals surface area contributed by atoms with E-state index in [9.17, 15) is 0 Å². The Morgan fingerprint density at radius 1 is 0.211 bits per heavy atom. The highest BCUT2D eigenvalue weighted by molar-refractivity contribution is 6.55. The molecule has 12 aromatic carbocycles. The Morgan fingerprint density at radius 3 is 0.658 bits per heavy atom. The van der Waals surface area contributed by atoms with Crippen molar-refractivity contribution in [1.82, 2.24) is 29.1 Å². The normalized spacial score (nSPS) is 11.7. The fraction of sp³-hybridized carbons (Fsp3) is 0. The molecular weight excluding hydrogens is 924 g/mol. The maximum absolute atomic E-state index is 5.92. The van der Waals surface area contributed by atoms with Gasteiger partial charge in [0.25, 0.3) is 0 Å². The summed E-state index contributed by atoms with van der Waals surface area (Å²) in [5.74, 6) is 0. The third-order valence-corrected chi connectivity index (χ3v) is 15.3. The van der Waals surface area contributed by atoms with E-state index in [-0.39, 0.29) is 0 Å². The molecule has 6 nitrogen and oxygen atoms in total. The molecule has 0 radical (unpaired) electrons. The quantitative estimate of drug-likeness (QED) is 0.135. The van der Waals surface area contributed by atoms with E-state index >= 15 is 0 Å². The van der Waals surface area contributed by atoms with Gasteiger partial charge in [0.05, 0.1) is 34.2 Å². The molecule has 0 aliphatic carbocycles. The van der Waals surface area contributed by atoms with Crippen LogP contribution >= 0.6 is 0 Å². The summed E-state index contributed by atoms with van der Waals surface area (Å²) in [7, 11) is -0.840. The molecular formula is C69H45BN6. The standard InChI is InChI=1S/C69H45BN6/c1-7-31-52-46(19-1)25-13-37-58(52)64-43-67(61-40-16-28-49-22-4-10-34-55(49)61)74(71-64)70(75-68(62-41-17-29-50-23-5-11-35-56(50)62)44-65(72-75)59-38-14-26-47-20-2-8-32-53(47)59)76-69(63-42-18-30-51-24-6-12-36-57(51)63)45-66(73-76)60-39-15-27-48-21-3-9-33-54(48)60/h1-45H. The second-order valence-corrected chi connectivity index (χ2v) is 19.6. The number of benzene rings is 12. The van der Waals surface area contributed by atoms with E-state index in [1.807, 2.05) is 0 Å². The second-order valence-electron chi connectivity index (χ2n) is 19.6. The molecule has 0 aliphatic rings. The van der Waals surface area contributed by atoms with E-state index in [1.165, 1.54) is 0 Å². The van der Waals surface area contributed by atoms with Gasteiger partial charge in [-0.3, -0.25) is 13.8 Å². The van der Waals surface area contributed by atoms with Gasteiger partial charge in [-0.1, -0.05) is 255 Å². The SMILES string of the molecule is c1ccc2c(-c3cc(-c4cccc5ccccc45)n(B(n4nc(-c5cccc6ccccc56)cc4-c4cccc5ccccc45)n4nc(-c5cccc6ccccc56)cc4-c4cccc5ccccc45)n3)cccc2c1. The molecule has 15 rings (SSSR count). The van der Waals surface area contributed by atoms with Gasteiger partial charge >= 0.3 is 7.12 Å². The molecule has 0 bridgehead atoms. The van der Waals surface area contributed by atoms with Crippen LogP contribution in [0.15, 0.2) is 273 Å². The summed E-state index contributed by atoms with van der Waals surface area (Å²) in [5.41, 5.74) is 11.5. The first kappa shape index (κ1) is 43.5. The molecule has 0 N–H and O–H groups in total. The van der Waals surface area contributed by atoms with Gasteiger partial charge in [0.15, 0.2) is 0 Å². The molecule has 76 heavy (non-hydrogen) atoms. The molecule has 0 aliphatic heterocycles. The zero-order valence-corrected chi connectivity index (χ0v) is 41.2. The van der Waals surface area contributed by atoms with Gasteiger partial charge in [-0.05, 0) is 82.8 Å². The molecule has 15 aromatic rings. The predicted molar refractivity (Wildman–Crippen MR) is 316 cm³/mol. The first-order valence-electron chi connectivity index (χ1n) is 25.9. The van der Waals surface area contributed by atoms with Gasteiger partial charge in [0.2, 0.25) is 0 Å². The Kier molecular flexibility index (Phi) is 10.2. The van der Waals surface area contributed by atoms with Crippen molar-refractivity contribution < 1.29 is 0 Å². The Balaban J connectivity index is 1.12. The molecule has 0 saturated heterocycles. The Hall–Kier alpha value is -10.1. The van der Waals surface area contributed by atoms with Crippen molar-refractivity contribution in [1.29, 1.82) is 0 Å². The zero-order chi connectivity index (χ0) is 50.1. The van der Waals surface area contributed by atoms with Crippen molar-refractivity contribution in [2.75, 3.05) is 0 Å². The third-order valence-electron chi connectivity index (χ3n) is 15.3. The van der Waals surface area contributed by atoms with Gasteiger partial charge < -0.3 is 0 Å². The number of hydrogen-bond acceptors (Lipinski definition) is 3. The zero-order valence-electron chi connectivity index (χ0n) is 41.2. The van der Waals surface area contributed by atoms with Gasteiger partial charge in [0, 0.05) is 33.4 Å². The lowest BCUT2D eigenvalue weighted by Gasteiger charge is -2.22. The second kappa shape index (κ2) is 17.8. The summed E-state index contributed by atoms with van der Waals surface area (Å²) in [4.78, 5) is 0. The molecule has 0 saturated carbocycles. The monoisotopic (exact) mass is 968 g/mol. The van der Waals surface area contributed by atoms with Crippen molar-refractivity contribution in [2.45, 2.75) is 0 Å². The molecule has 7 heteroatoms. The van der Waals surface area contributed by atoms with Crippen LogP contribution in [0.3, 0.4) is 0 Å². The minimum absolute atomic E-state index is 0.839. The van der Waals surface area contributed by atoms with Crippen molar-refractivity contribution >= 4 is 71.8 Å². The van der Waals surface area contributed by atoms with Gasteiger partial charge in [-0.2, -0.15) is 15.3 Å². The lowest BCUT2D eigenvalue weighted by atomic mass is 9.89. The summed E-state index contributed by atoms with van der Waals surface area (Å²) in [5, 5.41) is 31.3. The minimum Gasteiger partial charge on any atom is -0.260 e. The summed E-state index contributed by atoms with van der Waals surface area (Å²) in [6, 6.07) is 97.7. The van der Waals surface area contributed by atoms with Crippen LogP contribution in [-0.2, 0) is 0 Å². The van der Waals surface area contributed by atoms with Crippen LogP contribution in [0.5, 0.6) is 0 Å². The smallest absolute Gasteiger partial charge is 0.260 e. The van der Waals surface area contributed by atoms with E-state index in [4.69, 9.17) is 15.3 Å². The largest absolute Gasteiger partial charge is 0.570 e. The summed E-state index contributed by atoms with van der Waals surface area (Å²) in [6.45, 7) is 0. The molecule has 354 valence electrons. The fourth-order valence-corrected chi connectivity index (χ4v) is 11.7. The third kappa shape index (κ3) is 7.16. The summed E-state index contributed by atoms with van der Waals surface area (Å²) in [6.07, 6.45) is 0. The highest BCUT2D eigenvalue weighted by atomic mass is 15.5. The number of hydrogen-bond donors (Lipinski definition) is 0. The molecule has 0 atom stereocenters. The van der Waals surface area contributed by atoms with E-state index in [2.05, 4.69) is 287 Å². The fourth-order valence-electron chi connectivity index (χ4n) is 11.7. The summed E-state index contributed by atoms with van der Waals surface area (Å²) < 4.78 is 6.59. The van der Waals surface area contributed by atoms with E-state index in [0.29, 0.717) is 0 Å². The lowest BCUT2D eigenvalue weighted by Crippen LogP contribution is -2.45. The van der Waals surface area contributed by atoms with Crippen LogP contribution in [0, 0.1) is 0 Å². The predicted octanol–water partition coefficient (Wildman–Crippen LogP) is 17.1. The van der Waals surface area contributed by atoms with Crippen LogP contribution in [-0.4, -0.2) is 36.2 Å². The van der Waals surface area contributed by atoms with Gasteiger partial charge in [-0.25, -0.2) is 0 Å². The Bertz CT molecular complexity index is 4240. The first-order valence-corrected chi connectivity index (χ1v) is 25.9. The van der Waals surface area contributed by atoms with Crippen molar-refractivity contribution in [3.8, 4) is 67.5 Å². The number of nitrogens with zero attached hydrogens (tertiary/aromatic N) is 6. The Morgan fingerprint density at radius 2 is 0.408 bits per heavy atom. The molecule has 0 spiro atoms. The van der Waals surface area contributed by atoms with Crippen LogP contribution in [0.4, 0.5) is 0 Å². The Labute approximate surface area is 439 Å². The highest BCUT2D eigenvalue weighted by Gasteiger charge is 2.38. The van der Waals surface area contributed by atoms with Crippen LogP contribution < -0.4 is 0 Å². The molecule has 3 aromatic heterocycles. The topological polar surface area (TPSA) is 53.5 Å². The number of aromatic nitrogens is 6. The van der Waals surface area contributed by atoms with Crippen LogP contribution in [0.1, 0.15) is 0 Å². The first-order chi connectivity index (χ1) is 37.7. The lowest BCUT2D eigenvalue weighted by molar-refractivity contribution is 0.785. The van der Waals surface area contributed by atoms with E-state index < -0.39 is 7.12 Å². The molecule has 3 heterocycles. The van der Waals surface area contributed by atoms with E-state index in [1.54, 1.807) is 0 Å². The van der Waals surface area contributed by atoms with Crippen molar-refractivity contribution in [3.63, 3.8) is 0 Å². The van der Waals surface area contributed by atoms with Crippen LogP contribution in [0.2, 0.25) is 0 Å². The minimum atomic E-state index is -0.840. The maximum atomic E-state index is 5.92. The van der Waals surface area contributed by atoms with Gasteiger partial charge in [-0.15, -0.1) is 0 Å². The van der Waals surface area contributed by atoms with E-state index in [0.717, 1.165) is 132 Å². The average Bonchev–Trinajstić information content (AvgIpc) is 4.31. The average molecular weight is 969 g/mol. The van der Waals surface area contributed by atoms with Gasteiger partial charge in [0.1, 0.15) is 0 Å². The number of fused-ring (bicyclic) bond motifs is 6. The molecule has 0 unspecified atom stereocenters. The molecule has 0 amide bonds. The van der Waals surface area contributed by atoms with Crippen molar-refractivity contribution in [3.05, 3.63) is 273 Å². The number of rotatable bonds is 9. The van der Waals surface area contributed by atoms with Crippen molar-refractivity contribution in [2.24, 2.45) is 0 Å². The molecule has 0 fully saturated rings. The van der Waals surface area contributed by atoms with Crippen LogP contribution in [0.25, 0.3) is 132 Å². The maximum Gasteiger partial charge on any atom is 0.570 e. The summed E-state index contributed by atoms with van der Waals surface area (Å²) >= 11 is 0.